The molecule has 1 amide bonds. The van der Waals surface area contributed by atoms with Crippen molar-refractivity contribution >= 4 is 21.4 Å². The summed E-state index contributed by atoms with van der Waals surface area (Å²) in [5.41, 5.74) is 2.75. The van der Waals surface area contributed by atoms with E-state index in [2.05, 4.69) is 15.4 Å². The molecule has 124 valence electrons. The molecule has 23 heavy (non-hydrogen) atoms. The number of carbonyl (C=O) groups is 1. The molecule has 0 spiro atoms. The van der Waals surface area contributed by atoms with Gasteiger partial charge in [-0.3, -0.25) is 4.79 Å². The van der Waals surface area contributed by atoms with E-state index in [9.17, 15) is 13.2 Å². The average molecular weight is 336 g/mol. The lowest BCUT2D eigenvalue weighted by atomic mass is 9.81. The van der Waals surface area contributed by atoms with Crippen molar-refractivity contribution < 1.29 is 13.2 Å². The Bertz CT molecular complexity index is 866. The van der Waals surface area contributed by atoms with Crippen molar-refractivity contribution in [1.82, 2.24) is 19.9 Å². The quantitative estimate of drug-likeness (QED) is 0.895. The van der Waals surface area contributed by atoms with Gasteiger partial charge in [-0.05, 0) is 38.7 Å². The molecule has 2 heterocycles. The molecule has 1 saturated carbocycles. The highest BCUT2D eigenvalue weighted by Gasteiger charge is 2.33. The molecule has 1 aliphatic carbocycles. The van der Waals surface area contributed by atoms with Crippen molar-refractivity contribution in [3.8, 4) is 0 Å². The van der Waals surface area contributed by atoms with Gasteiger partial charge in [0.05, 0.1) is 11.9 Å². The highest BCUT2D eigenvalue weighted by atomic mass is 32.2. The van der Waals surface area contributed by atoms with Crippen molar-refractivity contribution in [3.05, 3.63) is 29.2 Å². The highest BCUT2D eigenvalue weighted by Crippen LogP contribution is 2.29. The van der Waals surface area contributed by atoms with Gasteiger partial charge >= 0.3 is 0 Å². The number of nitrogens with zero attached hydrogens (tertiary/aromatic N) is 3. The van der Waals surface area contributed by atoms with Crippen LogP contribution >= 0.6 is 0 Å². The zero-order valence-corrected chi connectivity index (χ0v) is 14.2. The van der Waals surface area contributed by atoms with Crippen molar-refractivity contribution in [2.24, 2.45) is 5.92 Å². The highest BCUT2D eigenvalue weighted by molar-refractivity contribution is 7.90. The second-order valence-corrected chi connectivity index (χ2v) is 8.62. The molecule has 0 unspecified atom stereocenters. The molecule has 0 saturated heterocycles. The van der Waals surface area contributed by atoms with E-state index >= 15 is 0 Å². The molecular weight excluding hydrogens is 316 g/mol. The third-order valence-corrected chi connectivity index (χ3v) is 5.21. The van der Waals surface area contributed by atoms with Gasteiger partial charge in [0.15, 0.2) is 5.65 Å². The van der Waals surface area contributed by atoms with Gasteiger partial charge in [0.2, 0.25) is 0 Å². The van der Waals surface area contributed by atoms with Gasteiger partial charge in [0, 0.05) is 23.7 Å². The molecule has 3 rings (SSSR count). The summed E-state index contributed by atoms with van der Waals surface area (Å²) in [6, 6.07) is 1.93. The molecule has 7 nitrogen and oxygen atoms in total. The van der Waals surface area contributed by atoms with Crippen LogP contribution in [0.15, 0.2) is 12.3 Å². The van der Waals surface area contributed by atoms with Crippen LogP contribution in [0.2, 0.25) is 0 Å². The molecule has 1 aliphatic rings. The van der Waals surface area contributed by atoms with E-state index in [0.717, 1.165) is 11.4 Å². The van der Waals surface area contributed by atoms with Crippen LogP contribution in [-0.2, 0) is 9.84 Å². The number of fused-ring (bicyclic) bond motifs is 1. The molecule has 0 atom stereocenters. The normalized spacial score (nSPS) is 21.2. The van der Waals surface area contributed by atoms with E-state index in [-0.39, 0.29) is 23.6 Å². The number of nitrogens with one attached hydrogen (secondary N) is 1. The number of carbonyl (C=O) groups excluding carboxylic acids is 1. The standard InChI is InChI=1S/C15H20N4O3S/c1-9-4-10(2)19-14(17-9)13(7-16-19)15(20)18-12-5-11(6-12)8-23(3,21)22/h4,7,11-12H,5-6,8H2,1-3H3,(H,18,20). The summed E-state index contributed by atoms with van der Waals surface area (Å²) >= 11 is 0. The molecule has 8 heteroatoms. The van der Waals surface area contributed by atoms with Gasteiger partial charge in [0.25, 0.3) is 5.91 Å². The molecule has 1 N–H and O–H groups in total. The Hall–Kier alpha value is -1.96. The summed E-state index contributed by atoms with van der Waals surface area (Å²) in [6.07, 6.45) is 4.16. The van der Waals surface area contributed by atoms with E-state index < -0.39 is 9.84 Å². The minimum atomic E-state index is -2.95. The first-order chi connectivity index (χ1) is 10.7. The SMILES string of the molecule is Cc1cc(C)n2ncc(C(=O)NC3CC(CS(C)(=O)=O)C3)c2n1. The molecule has 2 aromatic rings. The summed E-state index contributed by atoms with van der Waals surface area (Å²) in [6.45, 7) is 3.79. The van der Waals surface area contributed by atoms with E-state index in [1.165, 1.54) is 12.5 Å². The van der Waals surface area contributed by atoms with Crippen LogP contribution in [0.1, 0.15) is 34.6 Å². The lowest BCUT2D eigenvalue weighted by Crippen LogP contribution is -2.46. The van der Waals surface area contributed by atoms with E-state index in [1.807, 2.05) is 19.9 Å². The number of rotatable bonds is 4. The molecular formula is C15H20N4O3S. The second kappa shape index (κ2) is 5.59. The summed E-state index contributed by atoms with van der Waals surface area (Å²) in [5, 5.41) is 7.15. The number of sulfone groups is 1. The zero-order chi connectivity index (χ0) is 16.8. The first-order valence-corrected chi connectivity index (χ1v) is 9.59. The summed E-state index contributed by atoms with van der Waals surface area (Å²) in [4.78, 5) is 16.8. The van der Waals surface area contributed by atoms with E-state index in [4.69, 9.17) is 0 Å². The fourth-order valence-electron chi connectivity index (χ4n) is 3.11. The van der Waals surface area contributed by atoms with Gasteiger partial charge in [-0.25, -0.2) is 17.9 Å². The number of aryl methyl sites for hydroxylation is 2. The molecule has 1 fully saturated rings. The Labute approximate surface area is 135 Å². The van der Waals surface area contributed by atoms with Crippen LogP contribution in [0, 0.1) is 19.8 Å². The van der Waals surface area contributed by atoms with E-state index in [1.54, 1.807) is 4.52 Å². The van der Waals surface area contributed by atoms with Crippen LogP contribution in [0.3, 0.4) is 0 Å². The second-order valence-electron chi connectivity index (χ2n) is 6.43. The maximum absolute atomic E-state index is 12.4. The van der Waals surface area contributed by atoms with Gasteiger partial charge in [-0.15, -0.1) is 0 Å². The van der Waals surface area contributed by atoms with Crippen LogP contribution in [0.5, 0.6) is 0 Å². The Morgan fingerprint density at radius 2 is 2.09 bits per heavy atom. The Balaban J connectivity index is 1.69. The lowest BCUT2D eigenvalue weighted by Gasteiger charge is -2.35. The smallest absolute Gasteiger partial charge is 0.256 e. The predicted octanol–water partition coefficient (Wildman–Crippen LogP) is 0.899. The van der Waals surface area contributed by atoms with Crippen LogP contribution < -0.4 is 5.32 Å². The third kappa shape index (κ3) is 3.36. The molecule has 0 bridgehead atoms. The molecule has 0 aromatic carbocycles. The largest absolute Gasteiger partial charge is 0.349 e. The van der Waals surface area contributed by atoms with Crippen molar-refractivity contribution in [2.45, 2.75) is 32.7 Å². The van der Waals surface area contributed by atoms with Crippen LogP contribution in [0.4, 0.5) is 0 Å². The number of amides is 1. The summed E-state index contributed by atoms with van der Waals surface area (Å²) in [5.74, 6) is 0.123. The fraction of sp³-hybridized carbons (Fsp3) is 0.533. The molecule has 0 radical (unpaired) electrons. The van der Waals surface area contributed by atoms with Crippen LogP contribution in [0.25, 0.3) is 5.65 Å². The molecule has 2 aromatic heterocycles. The van der Waals surface area contributed by atoms with Gasteiger partial charge in [-0.2, -0.15) is 5.10 Å². The number of hydrogen-bond donors (Lipinski definition) is 1. The number of hydrogen-bond acceptors (Lipinski definition) is 5. The topological polar surface area (TPSA) is 93.4 Å². The third-order valence-electron chi connectivity index (χ3n) is 4.13. The van der Waals surface area contributed by atoms with Crippen molar-refractivity contribution in [3.63, 3.8) is 0 Å². The summed E-state index contributed by atoms with van der Waals surface area (Å²) < 4.78 is 24.2. The average Bonchev–Trinajstić information content (AvgIpc) is 2.78. The predicted molar refractivity (Wildman–Crippen MR) is 86.2 cm³/mol. The molecule has 0 aliphatic heterocycles. The maximum Gasteiger partial charge on any atom is 0.256 e. The zero-order valence-electron chi connectivity index (χ0n) is 13.4. The minimum Gasteiger partial charge on any atom is -0.349 e. The fourth-order valence-corrected chi connectivity index (χ4v) is 4.24. The van der Waals surface area contributed by atoms with Gasteiger partial charge in [0.1, 0.15) is 15.4 Å². The van der Waals surface area contributed by atoms with Gasteiger partial charge < -0.3 is 5.32 Å². The monoisotopic (exact) mass is 336 g/mol. The van der Waals surface area contributed by atoms with E-state index in [0.29, 0.717) is 24.1 Å². The Morgan fingerprint density at radius 1 is 1.39 bits per heavy atom. The van der Waals surface area contributed by atoms with Crippen molar-refractivity contribution in [2.75, 3.05) is 12.0 Å². The number of aromatic nitrogens is 3. The van der Waals surface area contributed by atoms with Crippen molar-refractivity contribution in [1.29, 1.82) is 0 Å². The Kier molecular flexibility index (Phi) is 3.87. The first-order valence-electron chi connectivity index (χ1n) is 7.53. The first kappa shape index (κ1) is 15.9. The minimum absolute atomic E-state index is 0.0232. The van der Waals surface area contributed by atoms with Gasteiger partial charge in [-0.1, -0.05) is 0 Å². The summed E-state index contributed by atoms with van der Waals surface area (Å²) in [7, 11) is -2.95. The van der Waals surface area contributed by atoms with Crippen LogP contribution in [-0.4, -0.2) is 47.0 Å². The lowest BCUT2D eigenvalue weighted by molar-refractivity contribution is 0.0898. The Morgan fingerprint density at radius 3 is 2.74 bits per heavy atom. The maximum atomic E-state index is 12.4.